The molecule has 0 aliphatic heterocycles. The monoisotopic (exact) mass is 574 g/mol. The lowest BCUT2D eigenvalue weighted by Crippen LogP contribution is -2.19. The van der Waals surface area contributed by atoms with Gasteiger partial charge in [-0.1, -0.05) is 22.9 Å². The number of thiazole rings is 1. The fourth-order valence-corrected chi connectivity index (χ4v) is 4.88. The van der Waals surface area contributed by atoms with Crippen LogP contribution in [0.2, 0.25) is 5.02 Å². The predicted molar refractivity (Wildman–Crippen MR) is 145 cm³/mol. The van der Waals surface area contributed by atoms with Crippen LogP contribution in [-0.2, 0) is 6.18 Å². The largest absolute Gasteiger partial charge is 0.493 e. The molecule has 0 fully saturated rings. The molecule has 39 heavy (non-hydrogen) atoms. The third-order valence-electron chi connectivity index (χ3n) is 5.54. The number of halogens is 4. The summed E-state index contributed by atoms with van der Waals surface area (Å²) in [5.74, 6) is 1.57. The summed E-state index contributed by atoms with van der Waals surface area (Å²) in [6.45, 7) is 0. The number of hydrogen-bond donors (Lipinski definition) is 3. The highest BCUT2D eigenvalue weighted by Crippen LogP contribution is 2.37. The van der Waals surface area contributed by atoms with Crippen molar-refractivity contribution >= 4 is 72.4 Å². The van der Waals surface area contributed by atoms with E-state index < -0.39 is 22.8 Å². The average Bonchev–Trinajstić information content (AvgIpc) is 3.30. The zero-order chi connectivity index (χ0) is 27.7. The molecule has 200 valence electrons. The SMILES string of the molecule is COc1cc2ncnc(Nc3nc4ccc(NC(=O)Nc5ccc(Cl)c(C(F)(F)F)c5)cc4s3)c2cc1OC. The molecule has 3 N–H and O–H groups in total. The lowest BCUT2D eigenvalue weighted by molar-refractivity contribution is -0.137. The summed E-state index contributed by atoms with van der Waals surface area (Å²) in [5, 5.41) is 8.98. The Kier molecular flexibility index (Phi) is 7.02. The number of aromatic nitrogens is 3. The van der Waals surface area contributed by atoms with Crippen molar-refractivity contribution in [1.82, 2.24) is 15.0 Å². The van der Waals surface area contributed by atoms with Crippen LogP contribution < -0.4 is 25.4 Å². The van der Waals surface area contributed by atoms with Gasteiger partial charge in [-0.2, -0.15) is 13.2 Å². The van der Waals surface area contributed by atoms with Crippen molar-refractivity contribution in [3.8, 4) is 11.5 Å². The zero-order valence-corrected chi connectivity index (χ0v) is 21.8. The molecule has 14 heteroatoms. The van der Waals surface area contributed by atoms with E-state index in [0.29, 0.717) is 44.6 Å². The van der Waals surface area contributed by atoms with Crippen molar-refractivity contribution < 1.29 is 27.4 Å². The normalized spacial score (nSPS) is 11.4. The van der Waals surface area contributed by atoms with Crippen LogP contribution in [0.1, 0.15) is 5.56 Å². The van der Waals surface area contributed by atoms with Crippen LogP contribution in [0, 0.1) is 0 Å². The molecular formula is C25H18ClF3N6O3S. The summed E-state index contributed by atoms with van der Waals surface area (Å²) < 4.78 is 50.8. The van der Waals surface area contributed by atoms with Gasteiger partial charge in [-0.3, -0.25) is 0 Å². The van der Waals surface area contributed by atoms with Crippen LogP contribution in [0.3, 0.4) is 0 Å². The van der Waals surface area contributed by atoms with Gasteiger partial charge in [0, 0.05) is 22.8 Å². The lowest BCUT2D eigenvalue weighted by atomic mass is 10.2. The molecule has 0 saturated carbocycles. The van der Waals surface area contributed by atoms with Crippen molar-refractivity contribution in [1.29, 1.82) is 0 Å². The number of urea groups is 1. The molecule has 2 aromatic heterocycles. The smallest absolute Gasteiger partial charge is 0.417 e. The van der Waals surface area contributed by atoms with Gasteiger partial charge in [0.25, 0.3) is 0 Å². The van der Waals surface area contributed by atoms with E-state index in [4.69, 9.17) is 21.1 Å². The van der Waals surface area contributed by atoms with E-state index in [-0.39, 0.29) is 5.69 Å². The summed E-state index contributed by atoms with van der Waals surface area (Å²) in [6.07, 6.45) is -3.23. The molecule has 3 aromatic carbocycles. The predicted octanol–water partition coefficient (Wildman–Crippen LogP) is 7.32. The second-order valence-corrected chi connectivity index (χ2v) is 9.48. The Morgan fingerprint density at radius 3 is 2.33 bits per heavy atom. The van der Waals surface area contributed by atoms with Crippen LogP contribution in [0.4, 0.5) is 40.3 Å². The average molecular weight is 575 g/mol. The number of carbonyl (C=O) groups excluding carboxylic acids is 1. The number of rotatable bonds is 6. The van der Waals surface area contributed by atoms with Gasteiger partial charge < -0.3 is 25.4 Å². The van der Waals surface area contributed by atoms with Crippen molar-refractivity contribution in [3.63, 3.8) is 0 Å². The Balaban J connectivity index is 1.34. The number of hydrogen-bond acceptors (Lipinski definition) is 8. The van der Waals surface area contributed by atoms with Crippen LogP contribution >= 0.6 is 22.9 Å². The molecule has 0 spiro atoms. The van der Waals surface area contributed by atoms with E-state index in [9.17, 15) is 18.0 Å². The van der Waals surface area contributed by atoms with Crippen molar-refractivity contribution in [3.05, 3.63) is 65.4 Å². The number of nitrogens with one attached hydrogen (secondary N) is 3. The molecule has 0 saturated heterocycles. The summed E-state index contributed by atoms with van der Waals surface area (Å²) in [7, 11) is 3.08. The molecule has 0 aliphatic rings. The molecular weight excluding hydrogens is 557 g/mol. The Morgan fingerprint density at radius 2 is 1.62 bits per heavy atom. The number of carbonyl (C=O) groups is 1. The second-order valence-electron chi connectivity index (χ2n) is 8.04. The first kappa shape index (κ1) is 26.3. The van der Waals surface area contributed by atoms with E-state index >= 15 is 0 Å². The summed E-state index contributed by atoms with van der Waals surface area (Å²) >= 11 is 6.95. The fourth-order valence-electron chi connectivity index (χ4n) is 3.75. The van der Waals surface area contributed by atoms with E-state index in [1.807, 2.05) is 0 Å². The van der Waals surface area contributed by atoms with Gasteiger partial charge in [0.1, 0.15) is 12.1 Å². The molecule has 5 rings (SSSR count). The topological polar surface area (TPSA) is 110 Å². The Bertz CT molecular complexity index is 1710. The number of ether oxygens (including phenoxy) is 2. The van der Waals surface area contributed by atoms with Gasteiger partial charge in [0.2, 0.25) is 0 Å². The zero-order valence-electron chi connectivity index (χ0n) is 20.2. The first-order chi connectivity index (χ1) is 18.6. The van der Waals surface area contributed by atoms with Gasteiger partial charge in [-0.15, -0.1) is 0 Å². The van der Waals surface area contributed by atoms with Crippen molar-refractivity contribution in [2.75, 3.05) is 30.2 Å². The molecule has 2 heterocycles. The molecule has 0 radical (unpaired) electrons. The quantitative estimate of drug-likeness (QED) is 0.195. The highest BCUT2D eigenvalue weighted by molar-refractivity contribution is 7.22. The highest BCUT2D eigenvalue weighted by atomic mass is 35.5. The number of fused-ring (bicyclic) bond motifs is 2. The van der Waals surface area contributed by atoms with Gasteiger partial charge in [-0.25, -0.2) is 19.7 Å². The fraction of sp³-hybridized carbons (Fsp3) is 0.120. The van der Waals surface area contributed by atoms with Crippen molar-refractivity contribution in [2.45, 2.75) is 6.18 Å². The van der Waals surface area contributed by atoms with Gasteiger partial charge >= 0.3 is 12.2 Å². The van der Waals surface area contributed by atoms with Crippen LogP contribution in [0.15, 0.2) is 54.9 Å². The van der Waals surface area contributed by atoms with Crippen LogP contribution in [0.5, 0.6) is 11.5 Å². The van der Waals surface area contributed by atoms with E-state index in [0.717, 1.165) is 16.8 Å². The lowest BCUT2D eigenvalue weighted by Gasteiger charge is -2.12. The maximum atomic E-state index is 13.1. The third kappa shape index (κ3) is 5.59. The first-order valence-corrected chi connectivity index (χ1v) is 12.3. The number of nitrogens with zero attached hydrogens (tertiary/aromatic N) is 3. The minimum Gasteiger partial charge on any atom is -0.493 e. The number of anilines is 4. The number of alkyl halides is 3. The third-order valence-corrected chi connectivity index (χ3v) is 6.81. The van der Waals surface area contributed by atoms with Gasteiger partial charge in [0.15, 0.2) is 16.6 Å². The maximum Gasteiger partial charge on any atom is 0.417 e. The molecule has 2 amide bonds. The van der Waals surface area contributed by atoms with Gasteiger partial charge in [0.05, 0.1) is 40.5 Å². The summed E-state index contributed by atoms with van der Waals surface area (Å²) in [4.78, 5) is 25.6. The Hall–Kier alpha value is -4.36. The number of amides is 2. The number of benzene rings is 3. The first-order valence-electron chi connectivity index (χ1n) is 11.1. The highest BCUT2D eigenvalue weighted by Gasteiger charge is 2.33. The van der Waals surface area contributed by atoms with E-state index in [1.165, 1.54) is 30.8 Å². The Morgan fingerprint density at radius 1 is 0.923 bits per heavy atom. The minimum absolute atomic E-state index is 0.0547. The van der Waals surface area contributed by atoms with Gasteiger partial charge in [-0.05, 0) is 42.5 Å². The second kappa shape index (κ2) is 10.4. The molecule has 0 unspecified atom stereocenters. The minimum atomic E-state index is -4.65. The number of methoxy groups -OCH3 is 2. The standard InChI is InChI=1S/C25H18ClF3N6O3S/c1-37-19-9-14-18(10-20(19)38-2)30-11-31-22(14)35-24-34-17-6-4-13(8-21(17)39-24)33-23(36)32-12-3-5-16(26)15(7-12)25(27,28)29/h3-11H,1-2H3,(H2,32,33,36)(H,30,31,34,35). The summed E-state index contributed by atoms with van der Waals surface area (Å²) in [5.41, 5.74) is 0.637. The molecule has 0 atom stereocenters. The van der Waals surface area contributed by atoms with E-state index in [1.54, 1.807) is 37.4 Å². The molecule has 0 bridgehead atoms. The maximum absolute atomic E-state index is 13.1. The van der Waals surface area contributed by atoms with Crippen molar-refractivity contribution in [2.24, 2.45) is 0 Å². The molecule has 0 aliphatic carbocycles. The molecule has 5 aromatic rings. The molecule has 9 nitrogen and oxygen atoms in total. The van der Waals surface area contributed by atoms with Crippen LogP contribution in [-0.4, -0.2) is 35.2 Å². The summed E-state index contributed by atoms with van der Waals surface area (Å²) in [6, 6.07) is 11.0. The van der Waals surface area contributed by atoms with Crippen LogP contribution in [0.25, 0.3) is 21.1 Å². The van der Waals surface area contributed by atoms with E-state index in [2.05, 4.69) is 30.9 Å². The Labute approximate surface area is 228 Å².